The average molecular weight is 245 g/mol. The van der Waals surface area contributed by atoms with Crippen molar-refractivity contribution in [3.63, 3.8) is 0 Å². The monoisotopic (exact) mass is 245 g/mol. The topological polar surface area (TPSA) is 42.3 Å². The molecule has 2 aromatic heterocycles. The Hall–Kier alpha value is -1.88. The predicted octanol–water partition coefficient (Wildman–Crippen LogP) is 2.86. The lowest BCUT2D eigenvalue weighted by Crippen LogP contribution is -1.92. The number of aromatic amines is 1. The Morgan fingerprint density at radius 2 is 2.18 bits per heavy atom. The van der Waals surface area contributed by atoms with Crippen molar-refractivity contribution in [2.75, 3.05) is 7.11 Å². The van der Waals surface area contributed by atoms with Gasteiger partial charge in [0, 0.05) is 11.5 Å². The van der Waals surface area contributed by atoms with Crippen LogP contribution in [0, 0.1) is 11.7 Å². The summed E-state index contributed by atoms with van der Waals surface area (Å²) in [5.74, 6) is 0.812. The molecule has 0 saturated carbocycles. The summed E-state index contributed by atoms with van der Waals surface area (Å²) in [6.07, 6.45) is 0. The average Bonchev–Trinajstić information content (AvgIpc) is 2.70. The van der Waals surface area contributed by atoms with Crippen LogP contribution < -0.4 is 4.74 Å². The lowest BCUT2D eigenvalue weighted by molar-refractivity contribution is 0.415. The van der Waals surface area contributed by atoms with Crippen LogP contribution in [0.1, 0.15) is 5.56 Å². The Bertz CT molecular complexity index is 772. The maximum absolute atomic E-state index is 5.25. The van der Waals surface area contributed by atoms with Gasteiger partial charge in [-0.15, -0.1) is 0 Å². The number of aromatic nitrogens is 3. The highest BCUT2D eigenvalue weighted by atomic mass is 32.1. The summed E-state index contributed by atoms with van der Waals surface area (Å²) in [5.41, 5.74) is 3.01. The normalized spacial score (nSPS) is 11.2. The fraction of sp³-hybridized carbons (Fsp3) is 0.167. The van der Waals surface area contributed by atoms with Crippen molar-refractivity contribution in [1.82, 2.24) is 14.6 Å². The molecule has 0 aliphatic heterocycles. The van der Waals surface area contributed by atoms with Crippen molar-refractivity contribution in [1.29, 1.82) is 0 Å². The lowest BCUT2D eigenvalue weighted by atomic mass is 10.1. The van der Waals surface area contributed by atoms with Gasteiger partial charge >= 0.3 is 0 Å². The zero-order chi connectivity index (χ0) is 12.0. The number of ether oxygens (including phenoxy) is 1. The molecule has 0 unspecified atom stereocenters. The molecule has 0 bridgehead atoms. The molecule has 0 atom stereocenters. The van der Waals surface area contributed by atoms with Crippen molar-refractivity contribution >= 4 is 28.8 Å². The zero-order valence-electron chi connectivity index (χ0n) is 9.52. The van der Waals surface area contributed by atoms with Gasteiger partial charge in [-0.3, -0.25) is 9.50 Å². The Morgan fingerprint density at radius 3 is 2.94 bits per heavy atom. The number of methoxy groups -OCH3 is 1. The maximum Gasteiger partial charge on any atom is 0.200 e. The highest BCUT2D eigenvalue weighted by Crippen LogP contribution is 2.24. The van der Waals surface area contributed by atoms with Gasteiger partial charge in [0.15, 0.2) is 10.4 Å². The van der Waals surface area contributed by atoms with E-state index in [4.69, 9.17) is 17.0 Å². The molecule has 5 heteroatoms. The molecule has 0 spiro atoms. The van der Waals surface area contributed by atoms with E-state index < -0.39 is 0 Å². The molecule has 0 fully saturated rings. The maximum atomic E-state index is 5.25. The second-order valence-electron chi connectivity index (χ2n) is 3.93. The Labute approximate surface area is 103 Å². The van der Waals surface area contributed by atoms with E-state index in [1.165, 1.54) is 5.56 Å². The molecule has 0 aliphatic carbocycles. The third kappa shape index (κ3) is 1.43. The van der Waals surface area contributed by atoms with Gasteiger partial charge in [-0.1, -0.05) is 0 Å². The highest BCUT2D eigenvalue weighted by molar-refractivity contribution is 7.71. The number of aryl methyl sites for hydroxylation is 1. The van der Waals surface area contributed by atoms with Crippen molar-refractivity contribution in [2.45, 2.75) is 6.92 Å². The smallest absolute Gasteiger partial charge is 0.200 e. The van der Waals surface area contributed by atoms with E-state index in [2.05, 4.69) is 17.1 Å². The number of hydrogen-bond donors (Lipinski definition) is 1. The lowest BCUT2D eigenvalue weighted by Gasteiger charge is -2.07. The van der Waals surface area contributed by atoms with Gasteiger partial charge in [-0.05, 0) is 42.9 Å². The van der Waals surface area contributed by atoms with Crippen LogP contribution in [0.15, 0.2) is 24.3 Å². The Morgan fingerprint density at radius 1 is 1.35 bits per heavy atom. The van der Waals surface area contributed by atoms with Crippen molar-refractivity contribution in [3.8, 4) is 5.75 Å². The van der Waals surface area contributed by atoms with Crippen LogP contribution in [0.2, 0.25) is 0 Å². The molecule has 0 aliphatic rings. The van der Waals surface area contributed by atoms with Gasteiger partial charge in [0.1, 0.15) is 5.75 Å². The summed E-state index contributed by atoms with van der Waals surface area (Å²) in [6.45, 7) is 2.06. The van der Waals surface area contributed by atoms with Crippen LogP contribution in [0.3, 0.4) is 0 Å². The van der Waals surface area contributed by atoms with Crippen molar-refractivity contribution in [2.24, 2.45) is 0 Å². The fourth-order valence-corrected chi connectivity index (χ4v) is 2.30. The Balaban J connectivity index is 2.60. The van der Waals surface area contributed by atoms with E-state index in [1.807, 2.05) is 28.7 Å². The first-order valence-corrected chi connectivity index (χ1v) is 5.66. The molecule has 3 rings (SSSR count). The molecule has 1 N–H and O–H groups in total. The van der Waals surface area contributed by atoms with Crippen LogP contribution >= 0.6 is 12.2 Å². The van der Waals surface area contributed by atoms with Gasteiger partial charge in [-0.2, -0.15) is 5.10 Å². The minimum absolute atomic E-state index is 0.596. The van der Waals surface area contributed by atoms with E-state index in [-0.39, 0.29) is 0 Å². The first kappa shape index (κ1) is 10.3. The molecule has 0 saturated heterocycles. The SMILES string of the molecule is COc1ccc2c(C)cc3n[nH]c(=S)n3c2c1. The molecular weight excluding hydrogens is 234 g/mol. The third-order valence-electron chi connectivity index (χ3n) is 2.91. The van der Waals surface area contributed by atoms with Gasteiger partial charge in [0.25, 0.3) is 0 Å². The number of rotatable bonds is 1. The molecule has 86 valence electrons. The summed E-state index contributed by atoms with van der Waals surface area (Å²) in [5, 5.41) is 8.15. The zero-order valence-corrected chi connectivity index (χ0v) is 10.3. The minimum Gasteiger partial charge on any atom is -0.497 e. The van der Waals surface area contributed by atoms with Crippen LogP contribution in [-0.2, 0) is 0 Å². The van der Waals surface area contributed by atoms with Gasteiger partial charge in [0.05, 0.1) is 12.6 Å². The van der Waals surface area contributed by atoms with E-state index in [0.29, 0.717) is 4.77 Å². The van der Waals surface area contributed by atoms with Crippen LogP contribution in [-0.4, -0.2) is 21.7 Å². The number of fused-ring (bicyclic) bond motifs is 3. The largest absolute Gasteiger partial charge is 0.497 e. The number of nitrogens with one attached hydrogen (secondary N) is 1. The van der Waals surface area contributed by atoms with Crippen LogP contribution in [0.4, 0.5) is 0 Å². The summed E-state index contributed by atoms with van der Waals surface area (Å²) in [7, 11) is 1.66. The number of pyridine rings is 1. The molecule has 0 radical (unpaired) electrons. The first-order valence-electron chi connectivity index (χ1n) is 5.25. The Kier molecular flexibility index (Phi) is 2.16. The van der Waals surface area contributed by atoms with E-state index in [0.717, 1.165) is 22.3 Å². The quantitative estimate of drug-likeness (QED) is 0.670. The highest BCUT2D eigenvalue weighted by Gasteiger charge is 2.07. The number of H-pyrrole nitrogens is 1. The molecule has 17 heavy (non-hydrogen) atoms. The fourth-order valence-electron chi connectivity index (χ4n) is 2.07. The van der Waals surface area contributed by atoms with Gasteiger partial charge in [-0.25, -0.2) is 0 Å². The molecule has 0 amide bonds. The molecule has 3 aromatic rings. The second-order valence-corrected chi connectivity index (χ2v) is 4.32. The van der Waals surface area contributed by atoms with Gasteiger partial charge in [0.2, 0.25) is 0 Å². The number of benzene rings is 1. The molecule has 4 nitrogen and oxygen atoms in total. The molecular formula is C12H11N3OS. The van der Waals surface area contributed by atoms with E-state index >= 15 is 0 Å². The predicted molar refractivity (Wildman–Crippen MR) is 69.2 cm³/mol. The summed E-state index contributed by atoms with van der Waals surface area (Å²) >= 11 is 5.24. The summed E-state index contributed by atoms with van der Waals surface area (Å²) < 4.78 is 7.76. The molecule has 1 aromatic carbocycles. The molecule has 2 heterocycles. The van der Waals surface area contributed by atoms with Crippen molar-refractivity contribution < 1.29 is 4.74 Å². The third-order valence-corrected chi connectivity index (χ3v) is 3.19. The summed E-state index contributed by atoms with van der Waals surface area (Å²) in [6, 6.07) is 7.98. The number of hydrogen-bond acceptors (Lipinski definition) is 3. The second kappa shape index (κ2) is 3.56. The van der Waals surface area contributed by atoms with E-state index in [1.54, 1.807) is 7.11 Å². The number of nitrogens with zero attached hydrogens (tertiary/aromatic N) is 2. The van der Waals surface area contributed by atoms with Gasteiger partial charge < -0.3 is 4.74 Å². The summed E-state index contributed by atoms with van der Waals surface area (Å²) in [4.78, 5) is 0. The standard InChI is InChI=1S/C12H11N3OS/c1-7-5-11-13-14-12(17)15(11)10-6-8(16-2)3-4-9(7)10/h3-6H,1-2H3,(H,14,17). The minimum atomic E-state index is 0.596. The van der Waals surface area contributed by atoms with Crippen molar-refractivity contribution in [3.05, 3.63) is 34.6 Å². The first-order chi connectivity index (χ1) is 8.20. The van der Waals surface area contributed by atoms with E-state index in [9.17, 15) is 0 Å². The van der Waals surface area contributed by atoms with Crippen LogP contribution in [0.5, 0.6) is 5.75 Å². The van der Waals surface area contributed by atoms with Crippen LogP contribution in [0.25, 0.3) is 16.6 Å².